The first-order chi connectivity index (χ1) is 10.0. The van der Waals surface area contributed by atoms with Crippen LogP contribution in [0.5, 0.6) is 0 Å². The summed E-state index contributed by atoms with van der Waals surface area (Å²) in [5.74, 6) is -0.743. The fraction of sp³-hybridized carbons (Fsp3) is 0.154. The molecule has 1 aromatic heterocycles. The zero-order chi connectivity index (χ0) is 15.4. The molecule has 0 aliphatic carbocycles. The number of nitrogens with one attached hydrogen (secondary N) is 2. The standard InChI is InChI=1S/C13H11BrClN3O3/c1-21-13(20)9-3-2-7(4-10(9)15)18-12(19)11-16-6-8(5-14)17-11/h2-4,6H,5H2,1H3,(H,16,17)(H,18,19). The lowest BCUT2D eigenvalue weighted by Crippen LogP contribution is -2.14. The Morgan fingerprint density at radius 3 is 2.81 bits per heavy atom. The van der Waals surface area contributed by atoms with Gasteiger partial charge in [-0.1, -0.05) is 27.5 Å². The summed E-state index contributed by atoms with van der Waals surface area (Å²) < 4.78 is 4.59. The third-order valence-electron chi connectivity index (χ3n) is 2.62. The van der Waals surface area contributed by atoms with Gasteiger partial charge in [0, 0.05) is 22.9 Å². The van der Waals surface area contributed by atoms with E-state index in [1.165, 1.54) is 19.2 Å². The number of esters is 1. The third kappa shape index (κ3) is 3.62. The van der Waals surface area contributed by atoms with Crippen LogP contribution in [0.2, 0.25) is 5.02 Å². The molecule has 110 valence electrons. The molecule has 1 amide bonds. The molecule has 6 nitrogen and oxygen atoms in total. The summed E-state index contributed by atoms with van der Waals surface area (Å²) in [6.07, 6.45) is 1.57. The number of amides is 1. The maximum Gasteiger partial charge on any atom is 0.339 e. The number of aromatic amines is 1. The van der Waals surface area contributed by atoms with E-state index < -0.39 is 11.9 Å². The highest BCUT2D eigenvalue weighted by atomic mass is 79.9. The highest BCUT2D eigenvalue weighted by Crippen LogP contribution is 2.22. The lowest BCUT2D eigenvalue weighted by molar-refractivity contribution is 0.0601. The van der Waals surface area contributed by atoms with Crippen LogP contribution in [0.1, 0.15) is 26.7 Å². The van der Waals surface area contributed by atoms with Gasteiger partial charge in [0.1, 0.15) is 0 Å². The average molecular weight is 373 g/mol. The molecule has 2 rings (SSSR count). The molecule has 2 N–H and O–H groups in total. The van der Waals surface area contributed by atoms with Gasteiger partial charge in [-0.2, -0.15) is 0 Å². The number of H-pyrrole nitrogens is 1. The van der Waals surface area contributed by atoms with Crippen LogP contribution in [0, 0.1) is 0 Å². The molecule has 0 spiro atoms. The fourth-order valence-corrected chi connectivity index (χ4v) is 2.14. The number of hydrogen-bond acceptors (Lipinski definition) is 4. The number of alkyl halides is 1. The van der Waals surface area contributed by atoms with Crippen LogP contribution in [0.4, 0.5) is 5.69 Å². The summed E-state index contributed by atoms with van der Waals surface area (Å²) in [5, 5.41) is 3.41. The van der Waals surface area contributed by atoms with Gasteiger partial charge in [-0.15, -0.1) is 0 Å². The fourth-order valence-electron chi connectivity index (χ4n) is 1.60. The molecule has 8 heteroatoms. The third-order valence-corrected chi connectivity index (χ3v) is 3.54. The minimum absolute atomic E-state index is 0.192. The van der Waals surface area contributed by atoms with Crippen LogP contribution in [0.3, 0.4) is 0 Å². The number of ether oxygens (including phenoxy) is 1. The Morgan fingerprint density at radius 2 is 2.24 bits per heavy atom. The second-order valence-corrected chi connectivity index (χ2v) is 5.00. The normalized spacial score (nSPS) is 10.2. The monoisotopic (exact) mass is 371 g/mol. The molecular weight excluding hydrogens is 362 g/mol. The predicted octanol–water partition coefficient (Wildman–Crippen LogP) is 3.00. The number of imidazole rings is 1. The van der Waals surface area contributed by atoms with Crippen molar-refractivity contribution in [3.8, 4) is 0 Å². The molecule has 0 fully saturated rings. The number of rotatable bonds is 4. The van der Waals surface area contributed by atoms with Gasteiger partial charge >= 0.3 is 5.97 Å². The van der Waals surface area contributed by atoms with E-state index in [4.69, 9.17) is 11.6 Å². The summed E-state index contributed by atoms with van der Waals surface area (Å²) >= 11 is 9.24. The second-order valence-electron chi connectivity index (χ2n) is 4.03. The molecular formula is C13H11BrClN3O3. The lowest BCUT2D eigenvalue weighted by atomic mass is 10.2. The number of halogens is 2. The van der Waals surface area contributed by atoms with Crippen molar-refractivity contribution in [1.82, 2.24) is 9.97 Å². The minimum Gasteiger partial charge on any atom is -0.465 e. The van der Waals surface area contributed by atoms with Crippen LogP contribution in [-0.4, -0.2) is 29.0 Å². The van der Waals surface area contributed by atoms with Crippen molar-refractivity contribution in [2.75, 3.05) is 12.4 Å². The summed E-state index contributed by atoms with van der Waals surface area (Å²) in [5.41, 5.74) is 1.48. The van der Waals surface area contributed by atoms with Crippen LogP contribution in [0.25, 0.3) is 0 Å². The molecule has 0 saturated heterocycles. The molecule has 1 heterocycles. The van der Waals surface area contributed by atoms with E-state index in [-0.39, 0.29) is 16.4 Å². The van der Waals surface area contributed by atoms with Crippen LogP contribution in [-0.2, 0) is 10.1 Å². The molecule has 2 aromatic rings. The maximum atomic E-state index is 12.0. The van der Waals surface area contributed by atoms with Crippen LogP contribution in [0.15, 0.2) is 24.4 Å². The van der Waals surface area contributed by atoms with Gasteiger partial charge in [-0.25, -0.2) is 9.78 Å². The molecule has 0 aliphatic rings. The Morgan fingerprint density at radius 1 is 1.48 bits per heavy atom. The van der Waals surface area contributed by atoms with Gasteiger partial charge in [0.05, 0.1) is 17.7 Å². The van der Waals surface area contributed by atoms with Crippen LogP contribution < -0.4 is 5.32 Å². The number of hydrogen-bond donors (Lipinski definition) is 2. The van der Waals surface area contributed by atoms with Gasteiger partial charge < -0.3 is 15.0 Å². The Bertz CT molecular complexity index is 687. The van der Waals surface area contributed by atoms with Crippen molar-refractivity contribution in [2.24, 2.45) is 0 Å². The number of carbonyl (C=O) groups is 2. The van der Waals surface area contributed by atoms with Gasteiger partial charge in [0.15, 0.2) is 5.82 Å². The predicted molar refractivity (Wildman–Crippen MR) is 82.0 cm³/mol. The van der Waals surface area contributed by atoms with Crippen molar-refractivity contribution < 1.29 is 14.3 Å². The SMILES string of the molecule is COC(=O)c1ccc(NC(=O)c2ncc(CBr)[nH]2)cc1Cl. The number of nitrogens with zero attached hydrogens (tertiary/aromatic N) is 1. The van der Waals surface area contributed by atoms with Gasteiger partial charge in [-0.05, 0) is 18.2 Å². The first kappa shape index (κ1) is 15.5. The maximum absolute atomic E-state index is 12.0. The first-order valence-electron chi connectivity index (χ1n) is 5.84. The van der Waals surface area contributed by atoms with Crippen molar-refractivity contribution in [2.45, 2.75) is 5.33 Å². The van der Waals surface area contributed by atoms with E-state index in [9.17, 15) is 9.59 Å². The topological polar surface area (TPSA) is 84.1 Å². The molecule has 21 heavy (non-hydrogen) atoms. The first-order valence-corrected chi connectivity index (χ1v) is 7.34. The van der Waals surface area contributed by atoms with E-state index in [2.05, 4.69) is 36.0 Å². The van der Waals surface area contributed by atoms with E-state index >= 15 is 0 Å². The highest BCUT2D eigenvalue weighted by molar-refractivity contribution is 9.08. The largest absolute Gasteiger partial charge is 0.465 e. The minimum atomic E-state index is -0.536. The van der Waals surface area contributed by atoms with Crippen molar-refractivity contribution >= 4 is 45.1 Å². The second kappa shape index (κ2) is 6.73. The molecule has 0 atom stereocenters. The quantitative estimate of drug-likeness (QED) is 0.638. The Labute approximate surface area is 134 Å². The average Bonchev–Trinajstić information content (AvgIpc) is 2.95. The number of aromatic nitrogens is 2. The molecule has 1 aromatic carbocycles. The molecule has 0 aliphatic heterocycles. The van der Waals surface area contributed by atoms with E-state index in [0.29, 0.717) is 11.0 Å². The van der Waals surface area contributed by atoms with E-state index in [0.717, 1.165) is 5.69 Å². The summed E-state index contributed by atoms with van der Waals surface area (Å²) in [7, 11) is 1.27. The zero-order valence-corrected chi connectivity index (χ0v) is 13.3. The zero-order valence-electron chi connectivity index (χ0n) is 10.9. The van der Waals surface area contributed by atoms with E-state index in [1.807, 2.05) is 0 Å². The van der Waals surface area contributed by atoms with Gasteiger partial charge in [-0.3, -0.25) is 4.79 Å². The smallest absolute Gasteiger partial charge is 0.339 e. The number of carbonyl (C=O) groups excluding carboxylic acids is 2. The lowest BCUT2D eigenvalue weighted by Gasteiger charge is -2.06. The number of benzene rings is 1. The van der Waals surface area contributed by atoms with Gasteiger partial charge in [0.25, 0.3) is 5.91 Å². The highest BCUT2D eigenvalue weighted by Gasteiger charge is 2.14. The van der Waals surface area contributed by atoms with E-state index in [1.54, 1.807) is 12.3 Å². The molecule has 0 saturated carbocycles. The van der Waals surface area contributed by atoms with Crippen molar-refractivity contribution in [3.63, 3.8) is 0 Å². The summed E-state index contributed by atoms with van der Waals surface area (Å²) in [6, 6.07) is 4.51. The van der Waals surface area contributed by atoms with Crippen molar-refractivity contribution in [3.05, 3.63) is 46.5 Å². The molecule has 0 radical (unpaired) electrons. The van der Waals surface area contributed by atoms with Crippen molar-refractivity contribution in [1.29, 1.82) is 0 Å². The Balaban J connectivity index is 2.14. The molecule has 0 bridgehead atoms. The summed E-state index contributed by atoms with van der Waals surface area (Å²) in [6.45, 7) is 0. The van der Waals surface area contributed by atoms with Crippen LogP contribution >= 0.6 is 27.5 Å². The molecule has 0 unspecified atom stereocenters. The Hall–Kier alpha value is -1.86. The summed E-state index contributed by atoms with van der Waals surface area (Å²) in [4.78, 5) is 30.2. The number of methoxy groups -OCH3 is 1. The number of anilines is 1. The van der Waals surface area contributed by atoms with Gasteiger partial charge in [0.2, 0.25) is 0 Å². The Kier molecular flexibility index (Phi) is 4.98.